The summed E-state index contributed by atoms with van der Waals surface area (Å²) in [5.74, 6) is 0. The lowest BCUT2D eigenvalue weighted by Gasteiger charge is -2.11. The molecule has 0 spiro atoms. The Morgan fingerprint density at radius 2 is 2.57 bits per heavy atom. The molecule has 3 nitrogen and oxygen atoms in total. The zero-order valence-electron chi connectivity index (χ0n) is 8.12. The molecule has 14 heavy (non-hydrogen) atoms. The Labute approximate surface area is 86.3 Å². The van der Waals surface area contributed by atoms with Gasteiger partial charge < -0.3 is 4.74 Å². The molecule has 0 bridgehead atoms. The number of aromatic nitrogens is 2. The van der Waals surface area contributed by atoms with E-state index in [1.165, 1.54) is 16.3 Å². The highest BCUT2D eigenvalue weighted by atomic mass is 32.1. The molecule has 0 radical (unpaired) electrons. The highest BCUT2D eigenvalue weighted by molar-refractivity contribution is 7.17. The lowest BCUT2D eigenvalue weighted by atomic mass is 10.2. The fourth-order valence-electron chi connectivity index (χ4n) is 1.86. The standard InChI is InChI=1S/C10H12N2OS/c1-2-7-5-12-8-3-4-13-6-9(8)14-10(12)11-7/h5H,2-4,6H2,1H3. The lowest BCUT2D eigenvalue weighted by molar-refractivity contribution is 0.112. The van der Waals surface area contributed by atoms with Crippen LogP contribution in [-0.2, 0) is 24.2 Å². The number of hydrogen-bond donors (Lipinski definition) is 0. The fraction of sp³-hybridized carbons (Fsp3) is 0.500. The van der Waals surface area contributed by atoms with Crippen molar-refractivity contribution in [3.8, 4) is 0 Å². The molecule has 0 aromatic carbocycles. The highest BCUT2D eigenvalue weighted by Crippen LogP contribution is 2.27. The summed E-state index contributed by atoms with van der Waals surface area (Å²) < 4.78 is 7.66. The topological polar surface area (TPSA) is 26.5 Å². The minimum atomic E-state index is 0.769. The molecule has 0 amide bonds. The first-order chi connectivity index (χ1) is 6.88. The van der Waals surface area contributed by atoms with Gasteiger partial charge in [0.15, 0.2) is 4.96 Å². The van der Waals surface area contributed by atoms with Crippen molar-refractivity contribution in [1.82, 2.24) is 9.38 Å². The first-order valence-electron chi connectivity index (χ1n) is 4.94. The third-order valence-corrected chi connectivity index (χ3v) is 3.70. The maximum atomic E-state index is 5.42. The normalized spacial score (nSPS) is 16.1. The maximum Gasteiger partial charge on any atom is 0.194 e. The summed E-state index contributed by atoms with van der Waals surface area (Å²) >= 11 is 1.76. The van der Waals surface area contributed by atoms with Gasteiger partial charge >= 0.3 is 0 Å². The van der Waals surface area contributed by atoms with Gasteiger partial charge in [-0.3, -0.25) is 4.40 Å². The summed E-state index contributed by atoms with van der Waals surface area (Å²) in [6, 6.07) is 0. The Hall–Kier alpha value is -0.870. The zero-order valence-corrected chi connectivity index (χ0v) is 8.93. The van der Waals surface area contributed by atoms with Crippen LogP contribution in [0.1, 0.15) is 23.2 Å². The third-order valence-electron chi connectivity index (χ3n) is 2.63. The van der Waals surface area contributed by atoms with Crippen molar-refractivity contribution in [1.29, 1.82) is 0 Å². The van der Waals surface area contributed by atoms with E-state index >= 15 is 0 Å². The molecule has 4 heteroatoms. The Kier molecular flexibility index (Phi) is 1.85. The van der Waals surface area contributed by atoms with Crippen LogP contribution in [0, 0.1) is 0 Å². The average Bonchev–Trinajstić information content (AvgIpc) is 2.73. The van der Waals surface area contributed by atoms with E-state index in [-0.39, 0.29) is 0 Å². The molecule has 0 saturated heterocycles. The second-order valence-electron chi connectivity index (χ2n) is 3.51. The summed E-state index contributed by atoms with van der Waals surface area (Å²) in [5.41, 5.74) is 2.59. The minimum Gasteiger partial charge on any atom is -0.375 e. The lowest BCUT2D eigenvalue weighted by Crippen LogP contribution is -2.09. The van der Waals surface area contributed by atoms with Crippen LogP contribution in [0.15, 0.2) is 6.20 Å². The predicted octanol–water partition coefficient (Wildman–Crippen LogP) is 2.03. The van der Waals surface area contributed by atoms with E-state index < -0.39 is 0 Å². The number of aryl methyl sites for hydroxylation is 1. The molecule has 0 fully saturated rings. The number of fused-ring (bicyclic) bond motifs is 3. The second-order valence-corrected chi connectivity index (χ2v) is 4.57. The van der Waals surface area contributed by atoms with Crippen molar-refractivity contribution >= 4 is 16.3 Å². The van der Waals surface area contributed by atoms with Crippen LogP contribution in [0.4, 0.5) is 0 Å². The van der Waals surface area contributed by atoms with Crippen molar-refractivity contribution in [3.05, 3.63) is 22.5 Å². The van der Waals surface area contributed by atoms with Gasteiger partial charge in [-0.05, 0) is 6.42 Å². The predicted molar refractivity (Wildman–Crippen MR) is 55.8 cm³/mol. The van der Waals surface area contributed by atoms with Crippen LogP contribution in [-0.4, -0.2) is 16.0 Å². The van der Waals surface area contributed by atoms with E-state index in [9.17, 15) is 0 Å². The Bertz CT molecular complexity index is 472. The van der Waals surface area contributed by atoms with Gasteiger partial charge in [-0.1, -0.05) is 18.3 Å². The van der Waals surface area contributed by atoms with Crippen LogP contribution >= 0.6 is 11.3 Å². The molecule has 74 valence electrons. The van der Waals surface area contributed by atoms with Crippen molar-refractivity contribution in [2.75, 3.05) is 6.61 Å². The largest absolute Gasteiger partial charge is 0.375 e. The first-order valence-corrected chi connectivity index (χ1v) is 5.76. The highest BCUT2D eigenvalue weighted by Gasteiger charge is 2.17. The quantitative estimate of drug-likeness (QED) is 0.717. The molecule has 2 aromatic heterocycles. The van der Waals surface area contributed by atoms with E-state index in [1.54, 1.807) is 11.3 Å². The zero-order chi connectivity index (χ0) is 9.54. The van der Waals surface area contributed by atoms with Gasteiger partial charge in [-0.25, -0.2) is 4.98 Å². The molecule has 0 N–H and O–H groups in total. The van der Waals surface area contributed by atoms with E-state index in [0.717, 1.165) is 31.0 Å². The van der Waals surface area contributed by atoms with Crippen LogP contribution < -0.4 is 0 Å². The Morgan fingerprint density at radius 1 is 1.64 bits per heavy atom. The molecule has 0 aliphatic carbocycles. The van der Waals surface area contributed by atoms with E-state index in [1.807, 2.05) is 0 Å². The first kappa shape index (κ1) is 8.44. The van der Waals surface area contributed by atoms with Crippen LogP contribution in [0.5, 0.6) is 0 Å². The number of rotatable bonds is 1. The van der Waals surface area contributed by atoms with E-state index in [4.69, 9.17) is 4.74 Å². The molecule has 0 saturated carbocycles. The number of hydrogen-bond acceptors (Lipinski definition) is 3. The second kappa shape index (κ2) is 3.07. The van der Waals surface area contributed by atoms with Gasteiger partial charge in [0.1, 0.15) is 0 Å². The number of nitrogens with zero attached hydrogens (tertiary/aromatic N) is 2. The molecule has 0 atom stereocenters. The molecule has 3 rings (SSSR count). The molecular formula is C10H12N2OS. The summed E-state index contributed by atoms with van der Waals surface area (Å²) in [7, 11) is 0. The van der Waals surface area contributed by atoms with Gasteiger partial charge in [-0.2, -0.15) is 0 Å². The van der Waals surface area contributed by atoms with Gasteiger partial charge in [-0.15, -0.1) is 0 Å². The minimum absolute atomic E-state index is 0.769. The maximum absolute atomic E-state index is 5.42. The molecule has 3 heterocycles. The van der Waals surface area contributed by atoms with Gasteiger partial charge in [0.2, 0.25) is 0 Å². The van der Waals surface area contributed by atoms with Gasteiger partial charge in [0.05, 0.1) is 23.8 Å². The Balaban J connectivity index is 2.21. The number of thiazole rings is 1. The number of imidazole rings is 1. The molecule has 1 aliphatic rings. The summed E-state index contributed by atoms with van der Waals surface area (Å²) in [4.78, 5) is 7.03. The molecule has 0 unspecified atom stereocenters. The third kappa shape index (κ3) is 1.11. The SMILES string of the molecule is CCc1cn2c3c(sc2n1)COCC3. The molecule has 1 aliphatic heterocycles. The van der Waals surface area contributed by atoms with Crippen molar-refractivity contribution in [2.24, 2.45) is 0 Å². The van der Waals surface area contributed by atoms with Crippen LogP contribution in [0.25, 0.3) is 4.96 Å². The summed E-state index contributed by atoms with van der Waals surface area (Å²) in [6.45, 7) is 3.76. The van der Waals surface area contributed by atoms with Crippen molar-refractivity contribution in [3.63, 3.8) is 0 Å². The fourth-order valence-corrected chi connectivity index (χ4v) is 2.96. The molecular weight excluding hydrogens is 196 g/mol. The average molecular weight is 208 g/mol. The van der Waals surface area contributed by atoms with Crippen LogP contribution in [0.2, 0.25) is 0 Å². The van der Waals surface area contributed by atoms with Gasteiger partial charge in [0, 0.05) is 18.3 Å². The summed E-state index contributed by atoms with van der Waals surface area (Å²) in [6.07, 6.45) is 4.20. The van der Waals surface area contributed by atoms with Crippen molar-refractivity contribution in [2.45, 2.75) is 26.4 Å². The van der Waals surface area contributed by atoms with Crippen molar-refractivity contribution < 1.29 is 4.74 Å². The molecule has 2 aromatic rings. The van der Waals surface area contributed by atoms with E-state index in [0.29, 0.717) is 0 Å². The Morgan fingerprint density at radius 3 is 3.43 bits per heavy atom. The summed E-state index contributed by atoms with van der Waals surface area (Å²) in [5, 5.41) is 0. The monoisotopic (exact) mass is 208 g/mol. The smallest absolute Gasteiger partial charge is 0.194 e. The van der Waals surface area contributed by atoms with Crippen LogP contribution in [0.3, 0.4) is 0 Å². The van der Waals surface area contributed by atoms with Gasteiger partial charge in [0.25, 0.3) is 0 Å². The number of ether oxygens (including phenoxy) is 1. The van der Waals surface area contributed by atoms with E-state index in [2.05, 4.69) is 22.5 Å².